The van der Waals surface area contributed by atoms with Crippen LogP contribution in [0.1, 0.15) is 51.9 Å². The Labute approximate surface area is 118 Å². The Morgan fingerprint density at radius 2 is 1.84 bits per heavy atom. The molecule has 3 atom stereocenters. The number of nitrogens with zero attached hydrogens (tertiary/aromatic N) is 2. The Morgan fingerprint density at radius 1 is 1.05 bits per heavy atom. The summed E-state index contributed by atoms with van der Waals surface area (Å²) in [6.45, 7) is 8.92. The lowest BCUT2D eigenvalue weighted by molar-refractivity contribution is 0.140. The molecule has 3 fully saturated rings. The maximum Gasteiger partial charge on any atom is 0.0235 e. The van der Waals surface area contributed by atoms with Crippen LogP contribution in [0.15, 0.2) is 0 Å². The number of rotatable bonds is 3. The van der Waals surface area contributed by atoms with E-state index in [1.54, 1.807) is 0 Å². The zero-order valence-corrected chi connectivity index (χ0v) is 12.6. The van der Waals surface area contributed by atoms with E-state index in [9.17, 15) is 0 Å². The minimum absolute atomic E-state index is 0.386. The van der Waals surface area contributed by atoms with Crippen LogP contribution in [-0.2, 0) is 0 Å². The van der Waals surface area contributed by atoms with Crippen molar-refractivity contribution in [1.82, 2.24) is 9.80 Å². The highest BCUT2D eigenvalue weighted by Gasteiger charge is 2.39. The summed E-state index contributed by atoms with van der Waals surface area (Å²) < 4.78 is 0. The average Bonchev–Trinajstić information content (AvgIpc) is 2.99. The molecule has 0 aromatic heterocycles. The Balaban J connectivity index is 1.51. The number of hydrogen-bond donors (Lipinski definition) is 1. The van der Waals surface area contributed by atoms with Crippen LogP contribution in [0, 0.1) is 5.41 Å². The molecule has 3 aliphatic rings. The van der Waals surface area contributed by atoms with Gasteiger partial charge in [-0.2, -0.15) is 0 Å². The summed E-state index contributed by atoms with van der Waals surface area (Å²) in [5.41, 5.74) is 6.72. The van der Waals surface area contributed by atoms with Crippen LogP contribution >= 0.6 is 0 Å². The fraction of sp³-hybridized carbons (Fsp3) is 1.00. The second-order valence-electron chi connectivity index (χ2n) is 7.43. The number of hydrogen-bond acceptors (Lipinski definition) is 3. The van der Waals surface area contributed by atoms with Crippen LogP contribution in [0.2, 0.25) is 0 Å². The summed E-state index contributed by atoms with van der Waals surface area (Å²) in [7, 11) is 0. The smallest absolute Gasteiger partial charge is 0.0235 e. The molecule has 2 saturated heterocycles. The van der Waals surface area contributed by atoms with Crippen LogP contribution in [0.5, 0.6) is 0 Å². The van der Waals surface area contributed by atoms with Gasteiger partial charge in [0.2, 0.25) is 0 Å². The fourth-order valence-corrected chi connectivity index (χ4v) is 4.50. The van der Waals surface area contributed by atoms with Gasteiger partial charge in [0.1, 0.15) is 0 Å². The number of likely N-dealkylation sites (tertiary alicyclic amines) is 2. The summed E-state index contributed by atoms with van der Waals surface area (Å²) in [4.78, 5) is 5.45. The molecule has 110 valence electrons. The summed E-state index contributed by atoms with van der Waals surface area (Å²) in [6, 6.07) is 1.27. The van der Waals surface area contributed by atoms with Crippen molar-refractivity contribution in [2.24, 2.45) is 11.1 Å². The molecule has 2 aliphatic heterocycles. The SMILES string of the molecule is CC1(CN2CCC(N3CCCCC3)C2)CCCC1N. The molecule has 3 nitrogen and oxygen atoms in total. The van der Waals surface area contributed by atoms with Crippen molar-refractivity contribution in [3.8, 4) is 0 Å². The second-order valence-corrected chi connectivity index (χ2v) is 7.43. The molecule has 3 rings (SSSR count). The Morgan fingerprint density at radius 3 is 2.53 bits per heavy atom. The Hall–Kier alpha value is -0.120. The molecular weight excluding hydrogens is 234 g/mol. The predicted molar refractivity (Wildman–Crippen MR) is 80.2 cm³/mol. The predicted octanol–water partition coefficient (Wildman–Crippen LogP) is 2.06. The summed E-state index contributed by atoms with van der Waals surface area (Å²) in [5.74, 6) is 0. The standard InChI is InChI=1S/C16H31N3/c1-16(8-5-6-15(16)17)13-18-11-7-14(12-18)19-9-3-2-4-10-19/h14-15H,2-13,17H2,1H3. The van der Waals surface area contributed by atoms with Crippen LogP contribution in [0.25, 0.3) is 0 Å². The minimum Gasteiger partial charge on any atom is -0.327 e. The van der Waals surface area contributed by atoms with Crippen molar-refractivity contribution < 1.29 is 0 Å². The normalized spacial score (nSPS) is 42.0. The van der Waals surface area contributed by atoms with Crippen LogP contribution in [-0.4, -0.2) is 54.6 Å². The first-order valence-corrected chi connectivity index (χ1v) is 8.39. The zero-order valence-electron chi connectivity index (χ0n) is 12.6. The van der Waals surface area contributed by atoms with E-state index in [0.29, 0.717) is 11.5 Å². The van der Waals surface area contributed by atoms with Gasteiger partial charge in [-0.3, -0.25) is 4.90 Å². The van der Waals surface area contributed by atoms with Gasteiger partial charge in [0.25, 0.3) is 0 Å². The molecule has 0 spiro atoms. The third-order valence-corrected chi connectivity index (χ3v) is 5.90. The lowest BCUT2D eigenvalue weighted by Crippen LogP contribution is -2.45. The lowest BCUT2D eigenvalue weighted by atomic mass is 9.84. The molecule has 3 unspecified atom stereocenters. The third kappa shape index (κ3) is 2.98. The fourth-order valence-electron chi connectivity index (χ4n) is 4.50. The molecule has 2 N–H and O–H groups in total. The topological polar surface area (TPSA) is 32.5 Å². The van der Waals surface area contributed by atoms with Crippen molar-refractivity contribution in [2.75, 3.05) is 32.7 Å². The van der Waals surface area contributed by atoms with Crippen molar-refractivity contribution in [1.29, 1.82) is 0 Å². The number of piperidine rings is 1. The van der Waals surface area contributed by atoms with Crippen molar-refractivity contribution in [2.45, 2.75) is 64.0 Å². The van der Waals surface area contributed by atoms with Gasteiger partial charge in [0.15, 0.2) is 0 Å². The molecule has 0 aromatic carbocycles. The van der Waals surface area contributed by atoms with Crippen molar-refractivity contribution in [3.05, 3.63) is 0 Å². The van der Waals surface area contributed by atoms with Crippen molar-refractivity contribution >= 4 is 0 Å². The monoisotopic (exact) mass is 265 g/mol. The number of nitrogens with two attached hydrogens (primary N) is 1. The first-order valence-electron chi connectivity index (χ1n) is 8.39. The molecule has 2 heterocycles. The third-order valence-electron chi connectivity index (χ3n) is 5.90. The summed E-state index contributed by atoms with van der Waals surface area (Å²) >= 11 is 0. The first-order chi connectivity index (χ1) is 9.17. The molecule has 3 heteroatoms. The summed E-state index contributed by atoms with van der Waals surface area (Å²) in [6.07, 6.45) is 9.56. The van der Waals surface area contributed by atoms with Gasteiger partial charge in [0, 0.05) is 25.2 Å². The first kappa shape index (κ1) is 13.8. The van der Waals surface area contributed by atoms with Crippen LogP contribution in [0.3, 0.4) is 0 Å². The molecule has 0 amide bonds. The van der Waals surface area contributed by atoms with Gasteiger partial charge in [-0.05, 0) is 57.2 Å². The molecule has 0 bridgehead atoms. The quantitative estimate of drug-likeness (QED) is 0.848. The van der Waals surface area contributed by atoms with E-state index < -0.39 is 0 Å². The lowest BCUT2D eigenvalue weighted by Gasteiger charge is -2.35. The molecule has 1 saturated carbocycles. The second kappa shape index (κ2) is 5.71. The van der Waals surface area contributed by atoms with Gasteiger partial charge in [-0.15, -0.1) is 0 Å². The maximum atomic E-state index is 6.33. The molecule has 1 aliphatic carbocycles. The van der Waals surface area contributed by atoms with Gasteiger partial charge in [-0.25, -0.2) is 0 Å². The molecular formula is C16H31N3. The van der Waals surface area contributed by atoms with Crippen LogP contribution < -0.4 is 5.73 Å². The van der Waals surface area contributed by atoms with E-state index >= 15 is 0 Å². The highest BCUT2D eigenvalue weighted by Crippen LogP contribution is 2.38. The Kier molecular flexibility index (Phi) is 4.16. The van der Waals surface area contributed by atoms with E-state index in [-0.39, 0.29) is 0 Å². The minimum atomic E-state index is 0.386. The van der Waals surface area contributed by atoms with Crippen LogP contribution in [0.4, 0.5) is 0 Å². The highest BCUT2D eigenvalue weighted by atomic mass is 15.3. The van der Waals surface area contributed by atoms with E-state index in [1.807, 2.05) is 0 Å². The van der Waals surface area contributed by atoms with Gasteiger partial charge in [-0.1, -0.05) is 19.8 Å². The largest absolute Gasteiger partial charge is 0.327 e. The average molecular weight is 265 g/mol. The van der Waals surface area contributed by atoms with Gasteiger partial charge < -0.3 is 10.6 Å². The molecule has 0 radical (unpaired) electrons. The van der Waals surface area contributed by atoms with E-state index in [4.69, 9.17) is 5.73 Å². The zero-order chi connectivity index (χ0) is 13.3. The van der Waals surface area contributed by atoms with E-state index in [0.717, 1.165) is 6.04 Å². The maximum absolute atomic E-state index is 6.33. The summed E-state index contributed by atoms with van der Waals surface area (Å²) in [5, 5.41) is 0. The molecule has 0 aromatic rings. The van der Waals surface area contributed by atoms with Crippen molar-refractivity contribution in [3.63, 3.8) is 0 Å². The highest BCUT2D eigenvalue weighted by molar-refractivity contribution is 4.96. The molecule has 19 heavy (non-hydrogen) atoms. The van der Waals surface area contributed by atoms with Gasteiger partial charge >= 0.3 is 0 Å². The van der Waals surface area contributed by atoms with E-state index in [1.165, 1.54) is 77.7 Å². The Bertz CT molecular complexity index is 300. The van der Waals surface area contributed by atoms with E-state index in [2.05, 4.69) is 16.7 Å². The van der Waals surface area contributed by atoms with Gasteiger partial charge in [0.05, 0.1) is 0 Å².